The summed E-state index contributed by atoms with van der Waals surface area (Å²) in [6.45, 7) is 1.47. The fraction of sp³-hybridized carbons (Fsp3) is 0.600. The monoisotopic (exact) mass is 132 g/mol. The van der Waals surface area contributed by atoms with E-state index >= 15 is 0 Å². The Hall–Kier alpha value is -0.440. The molecular weight excluding hydrogens is 124 g/mol. The van der Waals surface area contributed by atoms with E-state index < -0.39 is 0 Å². The number of aliphatic hydroxyl groups excluding tert-OH is 1. The molecule has 0 spiro atoms. The van der Waals surface area contributed by atoms with E-state index in [1.165, 1.54) is 6.92 Å². The molecule has 0 rings (SSSR count). The predicted octanol–water partition coefficient (Wildman–Crippen LogP) is 1.24. The van der Waals surface area contributed by atoms with Crippen LogP contribution in [0, 0.1) is 0 Å². The third-order valence-electron chi connectivity index (χ3n) is 0.691. The van der Waals surface area contributed by atoms with Gasteiger partial charge in [-0.25, -0.2) is 0 Å². The average molecular weight is 132 g/mol. The molecule has 0 aliphatic carbocycles. The van der Waals surface area contributed by atoms with E-state index in [9.17, 15) is 4.79 Å². The molecule has 0 bridgehead atoms. The topological polar surface area (TPSA) is 37.3 Å². The third-order valence-corrected chi connectivity index (χ3v) is 0.895. The van der Waals surface area contributed by atoms with E-state index in [0.29, 0.717) is 12.8 Å². The summed E-state index contributed by atoms with van der Waals surface area (Å²) in [5.74, 6) is 0.0569. The fourth-order valence-electron chi connectivity index (χ4n) is 0.283. The van der Waals surface area contributed by atoms with Gasteiger partial charge in [0.2, 0.25) is 0 Å². The van der Waals surface area contributed by atoms with Crippen LogP contribution in [0.1, 0.15) is 19.8 Å². The first-order valence-corrected chi connectivity index (χ1v) is 2.75. The minimum atomic E-state index is -0.0831. The van der Waals surface area contributed by atoms with Crippen molar-refractivity contribution >= 4 is 23.1 Å². The maximum absolute atomic E-state index is 10.2. The zero-order chi connectivity index (χ0) is 6.57. The molecule has 0 atom stereocenters. The van der Waals surface area contributed by atoms with Crippen molar-refractivity contribution in [3.63, 3.8) is 0 Å². The van der Waals surface area contributed by atoms with Crippen molar-refractivity contribution in [3.05, 3.63) is 0 Å². The molecular formula is C5H8O2S. The summed E-state index contributed by atoms with van der Waals surface area (Å²) in [6.07, 6.45) is 0.681. The lowest BCUT2D eigenvalue weighted by atomic mass is 10.2. The Morgan fingerprint density at radius 2 is 2.12 bits per heavy atom. The first kappa shape index (κ1) is 7.56. The smallest absolute Gasteiger partial charge is 0.156 e. The van der Waals surface area contributed by atoms with E-state index in [1.54, 1.807) is 0 Å². The van der Waals surface area contributed by atoms with Crippen LogP contribution in [0.25, 0.3) is 0 Å². The molecule has 46 valence electrons. The van der Waals surface area contributed by atoms with Crippen molar-refractivity contribution in [1.82, 2.24) is 0 Å². The molecule has 3 heteroatoms. The van der Waals surface area contributed by atoms with Crippen LogP contribution >= 0.6 is 12.2 Å². The molecule has 0 amide bonds. The third kappa shape index (κ3) is 5.56. The molecule has 0 aromatic rings. The number of aliphatic hydroxyl groups is 1. The number of rotatable bonds is 3. The number of hydrogen-bond acceptors (Lipinski definition) is 2. The molecule has 0 saturated heterocycles. The minimum absolute atomic E-state index is 0.0569. The van der Waals surface area contributed by atoms with E-state index in [4.69, 9.17) is 5.11 Å². The van der Waals surface area contributed by atoms with Crippen LogP contribution in [0.3, 0.4) is 0 Å². The van der Waals surface area contributed by atoms with Crippen LogP contribution in [-0.2, 0) is 4.79 Å². The Balaban J connectivity index is 3.18. The molecule has 8 heavy (non-hydrogen) atoms. The van der Waals surface area contributed by atoms with Crippen molar-refractivity contribution in [1.29, 1.82) is 0 Å². The van der Waals surface area contributed by atoms with Crippen LogP contribution in [0.15, 0.2) is 0 Å². The lowest BCUT2D eigenvalue weighted by Crippen LogP contribution is -1.96. The van der Waals surface area contributed by atoms with Crippen LogP contribution < -0.4 is 0 Å². The Labute approximate surface area is 53.5 Å². The maximum atomic E-state index is 10.2. The summed E-state index contributed by atoms with van der Waals surface area (Å²) in [7, 11) is 0. The number of carbonyl (C=O) groups is 1. The normalized spacial score (nSPS) is 8.62. The Morgan fingerprint density at radius 3 is 2.25 bits per heavy atom. The number of ketones is 1. The van der Waals surface area contributed by atoms with Gasteiger partial charge in [-0.1, -0.05) is 0 Å². The highest BCUT2D eigenvalue weighted by Crippen LogP contribution is 1.90. The number of hydrogen-bond donors (Lipinski definition) is 1. The summed E-state index contributed by atoms with van der Waals surface area (Å²) in [4.78, 5) is 10.2. The Bertz CT molecular complexity index is 95.0. The average Bonchev–Trinajstić information content (AvgIpc) is 1.61. The summed E-state index contributed by atoms with van der Waals surface area (Å²) in [6, 6.07) is 0. The van der Waals surface area contributed by atoms with Crippen molar-refractivity contribution in [2.45, 2.75) is 19.8 Å². The van der Waals surface area contributed by atoms with Gasteiger partial charge in [0.15, 0.2) is 5.05 Å². The molecule has 0 aromatic heterocycles. The molecule has 0 radical (unpaired) electrons. The highest BCUT2D eigenvalue weighted by atomic mass is 32.1. The van der Waals surface area contributed by atoms with Crippen LogP contribution in [0.5, 0.6) is 0 Å². The summed E-state index contributed by atoms with van der Waals surface area (Å²) >= 11 is 4.32. The standard InChI is InChI=1S/C5H8O2S/c1-4(6)2-3-5(7)8/h2-3H2,1H3,(H,7,8). The van der Waals surface area contributed by atoms with Gasteiger partial charge in [-0.15, -0.1) is 0 Å². The summed E-state index contributed by atoms with van der Waals surface area (Å²) in [5, 5.41) is 8.30. The van der Waals surface area contributed by atoms with Crippen LogP contribution in [0.2, 0.25) is 0 Å². The highest BCUT2D eigenvalue weighted by Gasteiger charge is 1.94. The molecule has 0 saturated carbocycles. The predicted molar refractivity (Wildman–Crippen MR) is 35.1 cm³/mol. The quantitative estimate of drug-likeness (QED) is 0.587. The van der Waals surface area contributed by atoms with E-state index in [2.05, 4.69) is 12.2 Å². The molecule has 0 unspecified atom stereocenters. The Kier molecular flexibility index (Phi) is 3.35. The van der Waals surface area contributed by atoms with Gasteiger partial charge in [0, 0.05) is 12.8 Å². The van der Waals surface area contributed by atoms with E-state index in [0.717, 1.165) is 0 Å². The van der Waals surface area contributed by atoms with Gasteiger partial charge >= 0.3 is 0 Å². The van der Waals surface area contributed by atoms with Crippen molar-refractivity contribution < 1.29 is 9.90 Å². The van der Waals surface area contributed by atoms with Gasteiger partial charge < -0.3 is 9.90 Å². The molecule has 0 aliphatic heterocycles. The lowest BCUT2D eigenvalue weighted by Gasteiger charge is -1.89. The minimum Gasteiger partial charge on any atom is -0.502 e. The van der Waals surface area contributed by atoms with Crippen molar-refractivity contribution in [2.75, 3.05) is 0 Å². The largest absolute Gasteiger partial charge is 0.502 e. The number of carbonyl (C=O) groups excluding carboxylic acids is 1. The van der Waals surface area contributed by atoms with Crippen molar-refractivity contribution in [2.24, 2.45) is 0 Å². The summed E-state index contributed by atoms with van der Waals surface area (Å²) < 4.78 is 0. The Morgan fingerprint density at radius 1 is 1.62 bits per heavy atom. The first-order valence-electron chi connectivity index (χ1n) is 2.34. The second kappa shape index (κ2) is 3.55. The van der Waals surface area contributed by atoms with E-state index in [-0.39, 0.29) is 10.8 Å². The van der Waals surface area contributed by atoms with Crippen molar-refractivity contribution in [3.8, 4) is 0 Å². The maximum Gasteiger partial charge on any atom is 0.156 e. The van der Waals surface area contributed by atoms with Gasteiger partial charge in [-0.3, -0.25) is 0 Å². The second-order valence-corrected chi connectivity index (χ2v) is 2.07. The highest BCUT2D eigenvalue weighted by molar-refractivity contribution is 7.80. The lowest BCUT2D eigenvalue weighted by molar-refractivity contribution is -0.116. The second-order valence-electron chi connectivity index (χ2n) is 1.60. The molecule has 1 N–H and O–H groups in total. The SMILES string of the molecule is CC(=O)CCC(O)=S. The number of thiocarbonyl (C=S) groups is 1. The van der Waals surface area contributed by atoms with Crippen LogP contribution in [0.4, 0.5) is 0 Å². The van der Waals surface area contributed by atoms with Gasteiger partial charge in [-0.05, 0) is 19.1 Å². The zero-order valence-corrected chi connectivity index (χ0v) is 5.49. The van der Waals surface area contributed by atoms with E-state index in [1.807, 2.05) is 0 Å². The molecule has 0 aliphatic rings. The fourth-order valence-corrected chi connectivity index (χ4v) is 0.385. The first-order chi connectivity index (χ1) is 3.63. The molecule has 0 heterocycles. The number of Topliss-reactive ketones (excluding diaryl/α,β-unsaturated/α-hetero) is 1. The zero-order valence-electron chi connectivity index (χ0n) is 4.68. The van der Waals surface area contributed by atoms with Gasteiger partial charge in [0.05, 0.1) is 0 Å². The summed E-state index contributed by atoms with van der Waals surface area (Å²) in [5.41, 5.74) is 0. The van der Waals surface area contributed by atoms with Gasteiger partial charge in [0.25, 0.3) is 0 Å². The molecule has 0 aromatic carbocycles. The molecule has 0 fully saturated rings. The van der Waals surface area contributed by atoms with Crippen LogP contribution in [-0.4, -0.2) is 15.9 Å². The van der Waals surface area contributed by atoms with Gasteiger partial charge in [0.1, 0.15) is 5.78 Å². The van der Waals surface area contributed by atoms with Gasteiger partial charge in [-0.2, -0.15) is 0 Å². The molecule has 2 nitrogen and oxygen atoms in total.